The Labute approximate surface area is 163 Å². The highest BCUT2D eigenvalue weighted by Gasteiger charge is 2.20. The quantitative estimate of drug-likeness (QED) is 0.758. The topological polar surface area (TPSA) is 76.3 Å². The van der Waals surface area contributed by atoms with Gasteiger partial charge in [-0.3, -0.25) is 14.2 Å². The summed E-state index contributed by atoms with van der Waals surface area (Å²) in [6, 6.07) is 9.76. The number of benzene rings is 1. The maximum Gasteiger partial charge on any atom is 0.330 e. The lowest BCUT2D eigenvalue weighted by atomic mass is 10.1. The van der Waals surface area contributed by atoms with Crippen LogP contribution in [-0.2, 0) is 18.9 Å². The van der Waals surface area contributed by atoms with E-state index in [2.05, 4.69) is 10.2 Å². The maximum absolute atomic E-state index is 12.5. The maximum atomic E-state index is 12.5. The molecule has 1 aromatic carbocycles. The second-order valence-electron chi connectivity index (χ2n) is 7.15. The summed E-state index contributed by atoms with van der Waals surface area (Å²) in [6.07, 6.45) is 6.61. The lowest BCUT2D eigenvalue weighted by molar-refractivity contribution is -0.117. The zero-order valence-corrected chi connectivity index (χ0v) is 16.3. The third-order valence-corrected chi connectivity index (χ3v) is 5.05. The first-order valence-electron chi connectivity index (χ1n) is 9.48. The molecule has 3 rings (SSSR count). The van der Waals surface area contributed by atoms with E-state index in [-0.39, 0.29) is 17.5 Å². The molecule has 28 heavy (non-hydrogen) atoms. The highest BCUT2D eigenvalue weighted by molar-refractivity contribution is 5.91. The number of carbonyl (C=O) groups is 1. The van der Waals surface area contributed by atoms with E-state index in [1.54, 1.807) is 7.05 Å². The fourth-order valence-corrected chi connectivity index (χ4v) is 3.48. The molecule has 0 radical (unpaired) electrons. The molecule has 0 bridgehead atoms. The van der Waals surface area contributed by atoms with Crippen molar-refractivity contribution in [2.45, 2.75) is 18.9 Å². The molecule has 1 amide bonds. The van der Waals surface area contributed by atoms with E-state index in [9.17, 15) is 14.4 Å². The summed E-state index contributed by atoms with van der Waals surface area (Å²) in [5.41, 5.74) is 0.509. The molecule has 148 valence electrons. The van der Waals surface area contributed by atoms with Crippen LogP contribution in [0.1, 0.15) is 30.0 Å². The van der Waals surface area contributed by atoms with Crippen LogP contribution in [-0.4, -0.2) is 39.6 Å². The smallest absolute Gasteiger partial charge is 0.330 e. The van der Waals surface area contributed by atoms with Gasteiger partial charge in [0.15, 0.2) is 0 Å². The molecule has 1 aliphatic heterocycles. The number of likely N-dealkylation sites (tertiary alicyclic amines) is 1. The number of amides is 1. The molecule has 1 aromatic heterocycles. The van der Waals surface area contributed by atoms with Gasteiger partial charge < -0.3 is 14.8 Å². The molecule has 0 saturated carbocycles. The Morgan fingerprint density at radius 2 is 1.82 bits per heavy atom. The minimum Gasteiger partial charge on any atom is -0.344 e. The molecular formula is C21H26N4O3. The van der Waals surface area contributed by atoms with E-state index in [0.717, 1.165) is 29.8 Å². The third kappa shape index (κ3) is 4.67. The summed E-state index contributed by atoms with van der Waals surface area (Å²) in [5, 5.41) is 3.05. The summed E-state index contributed by atoms with van der Waals surface area (Å²) < 4.78 is 2.34. The largest absolute Gasteiger partial charge is 0.344 e. The van der Waals surface area contributed by atoms with Crippen molar-refractivity contribution in [3.05, 3.63) is 74.6 Å². The van der Waals surface area contributed by atoms with Gasteiger partial charge in [0.25, 0.3) is 5.56 Å². The van der Waals surface area contributed by atoms with Gasteiger partial charge >= 0.3 is 5.69 Å². The minimum absolute atomic E-state index is 0.126. The number of rotatable bonds is 6. The van der Waals surface area contributed by atoms with Crippen molar-refractivity contribution in [2.75, 3.05) is 19.6 Å². The number of nitrogens with one attached hydrogen (secondary N) is 1. The van der Waals surface area contributed by atoms with Crippen molar-refractivity contribution in [2.24, 2.45) is 14.1 Å². The molecule has 7 heteroatoms. The lowest BCUT2D eigenvalue weighted by Crippen LogP contribution is -2.38. The van der Waals surface area contributed by atoms with Crippen LogP contribution < -0.4 is 16.6 Å². The second-order valence-corrected chi connectivity index (χ2v) is 7.15. The Morgan fingerprint density at radius 3 is 2.50 bits per heavy atom. The number of carbonyl (C=O) groups excluding carboxylic acids is 1. The second kappa shape index (κ2) is 8.84. The average Bonchev–Trinajstić information content (AvgIpc) is 3.21. The van der Waals surface area contributed by atoms with E-state index < -0.39 is 11.2 Å². The van der Waals surface area contributed by atoms with E-state index in [1.807, 2.05) is 30.3 Å². The van der Waals surface area contributed by atoms with Gasteiger partial charge in [-0.05, 0) is 37.6 Å². The predicted molar refractivity (Wildman–Crippen MR) is 109 cm³/mol. The molecule has 1 N–H and O–H groups in total. The summed E-state index contributed by atoms with van der Waals surface area (Å²) >= 11 is 0. The third-order valence-electron chi connectivity index (χ3n) is 5.05. The van der Waals surface area contributed by atoms with Crippen LogP contribution in [0.3, 0.4) is 0 Å². The molecule has 2 aromatic rings. The van der Waals surface area contributed by atoms with Crippen molar-refractivity contribution >= 4 is 12.0 Å². The fourth-order valence-electron chi connectivity index (χ4n) is 3.48. The Morgan fingerprint density at radius 1 is 1.14 bits per heavy atom. The van der Waals surface area contributed by atoms with Crippen LogP contribution in [0, 0.1) is 0 Å². The molecule has 0 spiro atoms. The molecule has 1 fully saturated rings. The van der Waals surface area contributed by atoms with Crippen molar-refractivity contribution in [1.82, 2.24) is 19.4 Å². The molecule has 1 aliphatic rings. The van der Waals surface area contributed by atoms with Crippen LogP contribution in [0.25, 0.3) is 6.08 Å². The van der Waals surface area contributed by atoms with Crippen LogP contribution in [0.4, 0.5) is 0 Å². The van der Waals surface area contributed by atoms with Crippen LogP contribution in [0.15, 0.2) is 52.2 Å². The summed E-state index contributed by atoms with van der Waals surface area (Å²) in [5.74, 6) is -0.274. The Hall–Kier alpha value is -2.93. The van der Waals surface area contributed by atoms with Gasteiger partial charge in [0.1, 0.15) is 0 Å². The van der Waals surface area contributed by atoms with E-state index in [0.29, 0.717) is 0 Å². The first-order chi connectivity index (χ1) is 13.5. The Balaban J connectivity index is 1.76. The van der Waals surface area contributed by atoms with Gasteiger partial charge in [0.2, 0.25) is 5.91 Å². The fraction of sp³-hybridized carbons (Fsp3) is 0.381. The molecule has 1 saturated heterocycles. The number of aromatic nitrogens is 2. The highest BCUT2D eigenvalue weighted by atomic mass is 16.2. The average molecular weight is 382 g/mol. The van der Waals surface area contributed by atoms with Gasteiger partial charge in [0.05, 0.1) is 11.6 Å². The molecule has 2 heterocycles. The molecule has 1 atom stereocenters. The molecular weight excluding hydrogens is 356 g/mol. The number of hydrogen-bond donors (Lipinski definition) is 1. The Kier molecular flexibility index (Phi) is 6.26. The SMILES string of the molecule is Cn1cc(/C=C/C(=O)NC(CN2CCCC2)c2ccccc2)c(=O)n(C)c1=O. The van der Waals surface area contributed by atoms with Crippen molar-refractivity contribution in [3.8, 4) is 0 Å². The minimum atomic E-state index is -0.427. The summed E-state index contributed by atoms with van der Waals surface area (Å²) in [7, 11) is 2.99. The van der Waals surface area contributed by atoms with Crippen LogP contribution in [0.5, 0.6) is 0 Å². The van der Waals surface area contributed by atoms with E-state index in [1.165, 1.54) is 42.8 Å². The zero-order valence-electron chi connectivity index (χ0n) is 16.3. The van der Waals surface area contributed by atoms with E-state index in [4.69, 9.17) is 0 Å². The normalized spacial score (nSPS) is 15.8. The summed E-state index contributed by atoms with van der Waals surface area (Å²) in [4.78, 5) is 38.8. The van der Waals surface area contributed by atoms with Crippen LogP contribution >= 0.6 is 0 Å². The monoisotopic (exact) mass is 382 g/mol. The van der Waals surface area contributed by atoms with Crippen molar-refractivity contribution in [1.29, 1.82) is 0 Å². The van der Waals surface area contributed by atoms with Gasteiger partial charge in [-0.1, -0.05) is 30.3 Å². The van der Waals surface area contributed by atoms with E-state index >= 15 is 0 Å². The van der Waals surface area contributed by atoms with Crippen molar-refractivity contribution < 1.29 is 4.79 Å². The molecule has 1 unspecified atom stereocenters. The van der Waals surface area contributed by atoms with Gasteiger partial charge in [-0.25, -0.2) is 4.79 Å². The van der Waals surface area contributed by atoms with Gasteiger partial charge in [-0.15, -0.1) is 0 Å². The number of hydrogen-bond acceptors (Lipinski definition) is 4. The molecule has 7 nitrogen and oxygen atoms in total. The Bertz CT molecular complexity index is 969. The lowest BCUT2D eigenvalue weighted by Gasteiger charge is -2.24. The summed E-state index contributed by atoms with van der Waals surface area (Å²) in [6.45, 7) is 2.84. The molecule has 0 aliphatic carbocycles. The zero-order chi connectivity index (χ0) is 20.1. The standard InChI is InChI=1S/C21H26N4O3/c1-23-14-17(20(27)24(2)21(23)28)10-11-19(26)22-18(15-25-12-6-7-13-25)16-8-4-3-5-9-16/h3-5,8-11,14,18H,6-7,12-13,15H2,1-2H3,(H,22,26)/b11-10+. The highest BCUT2D eigenvalue weighted by Crippen LogP contribution is 2.17. The number of aryl methyl sites for hydroxylation is 1. The van der Waals surface area contributed by atoms with Gasteiger partial charge in [-0.2, -0.15) is 0 Å². The first kappa shape index (κ1) is 19.8. The van der Waals surface area contributed by atoms with Gasteiger partial charge in [0, 0.05) is 32.9 Å². The van der Waals surface area contributed by atoms with Crippen molar-refractivity contribution in [3.63, 3.8) is 0 Å². The first-order valence-corrected chi connectivity index (χ1v) is 9.48. The van der Waals surface area contributed by atoms with Crippen LogP contribution in [0.2, 0.25) is 0 Å². The predicted octanol–water partition coefficient (Wildman–Crippen LogP) is 1.05. The number of nitrogens with zero attached hydrogens (tertiary/aromatic N) is 3.